The molecule has 0 amide bonds. The number of carbonyl (C=O) groups excluding carboxylic acids is 1. The van der Waals surface area contributed by atoms with E-state index in [4.69, 9.17) is 21.1 Å². The fraction of sp³-hybridized carbons (Fsp3) is 0.120. The van der Waals surface area contributed by atoms with Gasteiger partial charge in [-0.3, -0.25) is 0 Å². The Morgan fingerprint density at radius 1 is 1.03 bits per heavy atom. The van der Waals surface area contributed by atoms with Gasteiger partial charge in [-0.25, -0.2) is 18.6 Å². The van der Waals surface area contributed by atoms with Crippen molar-refractivity contribution in [3.05, 3.63) is 100 Å². The summed E-state index contributed by atoms with van der Waals surface area (Å²) in [6.45, 7) is 0.117. The maximum Gasteiger partial charge on any atom is 0.344 e. The van der Waals surface area contributed by atoms with Gasteiger partial charge in [0.25, 0.3) is 0 Å². The highest BCUT2D eigenvalue weighted by atomic mass is 35.5. The molecule has 8 heteroatoms. The van der Waals surface area contributed by atoms with Crippen LogP contribution in [-0.4, -0.2) is 18.1 Å². The first-order chi connectivity index (χ1) is 16.0. The maximum atomic E-state index is 13.4. The van der Waals surface area contributed by atoms with E-state index in [0.717, 1.165) is 5.56 Å². The summed E-state index contributed by atoms with van der Waals surface area (Å²) in [4.78, 5) is 17.4. The SMILES string of the molecule is COC(=O)c1c(SCc2ccc(F)cc2Cl)nc2ccccc2c1OCc1ccc(F)cc1. The average Bonchev–Trinajstić information content (AvgIpc) is 2.82. The van der Waals surface area contributed by atoms with Crippen LogP contribution >= 0.6 is 23.4 Å². The number of thioether (sulfide) groups is 1. The number of rotatable bonds is 7. The van der Waals surface area contributed by atoms with Gasteiger partial charge in [-0.2, -0.15) is 0 Å². The molecule has 0 spiro atoms. The molecular formula is C25H18ClF2NO3S. The predicted molar refractivity (Wildman–Crippen MR) is 125 cm³/mol. The zero-order valence-corrected chi connectivity index (χ0v) is 19.1. The number of ether oxygens (including phenoxy) is 2. The summed E-state index contributed by atoms with van der Waals surface area (Å²) in [6, 6.07) is 17.4. The van der Waals surface area contributed by atoms with Crippen molar-refractivity contribution in [3.63, 3.8) is 0 Å². The Morgan fingerprint density at radius 2 is 1.76 bits per heavy atom. The first-order valence-corrected chi connectivity index (χ1v) is 11.3. The van der Waals surface area contributed by atoms with Crippen molar-refractivity contribution < 1.29 is 23.0 Å². The molecule has 1 aromatic heterocycles. The smallest absolute Gasteiger partial charge is 0.344 e. The number of hydrogen-bond donors (Lipinski definition) is 0. The fourth-order valence-electron chi connectivity index (χ4n) is 3.22. The van der Waals surface area contributed by atoms with Crippen molar-refractivity contribution in [1.82, 2.24) is 4.98 Å². The number of esters is 1. The normalized spacial score (nSPS) is 10.9. The molecule has 4 rings (SSSR count). The molecule has 168 valence electrons. The molecule has 0 N–H and O–H groups in total. The number of hydrogen-bond acceptors (Lipinski definition) is 5. The number of pyridine rings is 1. The van der Waals surface area contributed by atoms with Gasteiger partial charge in [0.15, 0.2) is 0 Å². The number of fused-ring (bicyclic) bond motifs is 1. The molecule has 0 bridgehead atoms. The third-order valence-electron chi connectivity index (χ3n) is 4.88. The Kier molecular flexibility index (Phi) is 7.11. The van der Waals surface area contributed by atoms with Gasteiger partial charge >= 0.3 is 5.97 Å². The van der Waals surface area contributed by atoms with Crippen LogP contribution in [0.3, 0.4) is 0 Å². The average molecular weight is 486 g/mol. The second kappa shape index (κ2) is 10.2. The Labute approximate surface area is 198 Å². The van der Waals surface area contributed by atoms with E-state index >= 15 is 0 Å². The molecule has 4 nitrogen and oxygen atoms in total. The summed E-state index contributed by atoms with van der Waals surface area (Å²) in [7, 11) is 1.28. The van der Waals surface area contributed by atoms with Crippen LogP contribution in [0.25, 0.3) is 10.9 Å². The van der Waals surface area contributed by atoms with E-state index in [0.29, 0.717) is 33.0 Å². The Bertz CT molecular complexity index is 1320. The largest absolute Gasteiger partial charge is 0.487 e. The number of carbonyl (C=O) groups is 1. The van der Waals surface area contributed by atoms with E-state index < -0.39 is 11.8 Å². The quantitative estimate of drug-likeness (QED) is 0.212. The van der Waals surface area contributed by atoms with Crippen molar-refractivity contribution >= 4 is 40.2 Å². The zero-order valence-electron chi connectivity index (χ0n) is 17.5. The Balaban J connectivity index is 1.75. The van der Waals surface area contributed by atoms with Gasteiger partial charge in [0.05, 0.1) is 12.6 Å². The van der Waals surface area contributed by atoms with Crippen LogP contribution in [0.5, 0.6) is 5.75 Å². The molecule has 0 atom stereocenters. The van der Waals surface area contributed by atoms with Crippen LogP contribution in [-0.2, 0) is 17.1 Å². The third-order valence-corrected chi connectivity index (χ3v) is 6.25. The summed E-state index contributed by atoms with van der Waals surface area (Å²) >= 11 is 7.43. The number of methoxy groups -OCH3 is 1. The Hall–Kier alpha value is -3.16. The highest BCUT2D eigenvalue weighted by Crippen LogP contribution is 2.38. The number of aromatic nitrogens is 1. The van der Waals surface area contributed by atoms with Gasteiger partial charge in [0, 0.05) is 16.2 Å². The summed E-state index contributed by atoms with van der Waals surface area (Å²) in [5, 5.41) is 1.33. The van der Waals surface area contributed by atoms with E-state index in [1.54, 1.807) is 24.3 Å². The number of para-hydroxylation sites is 1. The third kappa shape index (κ3) is 5.26. The standard InChI is InChI=1S/C25H18ClF2NO3S/c1-31-25(30)22-23(32-13-15-6-9-17(27)10-7-15)19-4-2-3-5-21(19)29-24(22)33-14-16-8-11-18(28)12-20(16)26/h2-12H,13-14H2,1H3. The van der Waals surface area contributed by atoms with Crippen LogP contribution in [0.2, 0.25) is 5.02 Å². The van der Waals surface area contributed by atoms with E-state index in [1.807, 2.05) is 18.2 Å². The van der Waals surface area contributed by atoms with Gasteiger partial charge in [-0.05, 0) is 47.5 Å². The lowest BCUT2D eigenvalue weighted by atomic mass is 10.1. The fourth-order valence-corrected chi connectivity index (χ4v) is 4.56. The summed E-state index contributed by atoms with van der Waals surface area (Å²) in [6.07, 6.45) is 0. The molecule has 33 heavy (non-hydrogen) atoms. The molecule has 0 aliphatic carbocycles. The topological polar surface area (TPSA) is 48.4 Å². The van der Waals surface area contributed by atoms with Crippen molar-refractivity contribution in [2.45, 2.75) is 17.4 Å². The van der Waals surface area contributed by atoms with Crippen LogP contribution in [0.1, 0.15) is 21.5 Å². The van der Waals surface area contributed by atoms with E-state index in [9.17, 15) is 13.6 Å². The van der Waals surface area contributed by atoms with E-state index in [2.05, 4.69) is 4.98 Å². The number of nitrogens with zero attached hydrogens (tertiary/aromatic N) is 1. The first kappa shape index (κ1) is 23.0. The molecule has 0 radical (unpaired) electrons. The minimum atomic E-state index is -0.602. The highest BCUT2D eigenvalue weighted by Gasteiger charge is 2.24. The molecule has 0 saturated carbocycles. The minimum absolute atomic E-state index is 0.117. The minimum Gasteiger partial charge on any atom is -0.487 e. The zero-order chi connectivity index (χ0) is 23.4. The van der Waals surface area contributed by atoms with Crippen molar-refractivity contribution in [3.8, 4) is 5.75 Å². The van der Waals surface area contributed by atoms with Crippen molar-refractivity contribution in [2.24, 2.45) is 0 Å². The summed E-state index contributed by atoms with van der Waals surface area (Å²) in [5.74, 6) is -0.698. The molecule has 0 saturated heterocycles. The monoisotopic (exact) mass is 485 g/mol. The molecule has 4 aromatic rings. The molecule has 0 unspecified atom stereocenters. The summed E-state index contributed by atoms with van der Waals surface area (Å²) in [5.41, 5.74) is 2.25. The highest BCUT2D eigenvalue weighted by molar-refractivity contribution is 7.98. The second-order valence-corrected chi connectivity index (χ2v) is 8.44. The molecule has 0 aliphatic rings. The lowest BCUT2D eigenvalue weighted by Crippen LogP contribution is -2.10. The van der Waals surface area contributed by atoms with Crippen molar-refractivity contribution in [1.29, 1.82) is 0 Å². The number of benzene rings is 3. The van der Waals surface area contributed by atoms with Crippen LogP contribution in [0, 0.1) is 11.6 Å². The lowest BCUT2D eigenvalue weighted by Gasteiger charge is -2.16. The van der Waals surface area contributed by atoms with E-state index in [-0.39, 0.29) is 23.0 Å². The van der Waals surface area contributed by atoms with Crippen LogP contribution < -0.4 is 4.74 Å². The first-order valence-electron chi connectivity index (χ1n) is 9.91. The van der Waals surface area contributed by atoms with Gasteiger partial charge < -0.3 is 9.47 Å². The van der Waals surface area contributed by atoms with Gasteiger partial charge in [-0.1, -0.05) is 41.9 Å². The van der Waals surface area contributed by atoms with Gasteiger partial charge in [0.1, 0.15) is 34.6 Å². The second-order valence-electron chi connectivity index (χ2n) is 7.07. The van der Waals surface area contributed by atoms with Gasteiger partial charge in [0.2, 0.25) is 0 Å². The van der Waals surface area contributed by atoms with Crippen molar-refractivity contribution in [2.75, 3.05) is 7.11 Å². The summed E-state index contributed by atoms with van der Waals surface area (Å²) < 4.78 is 37.8. The van der Waals surface area contributed by atoms with E-state index in [1.165, 1.54) is 43.1 Å². The number of halogens is 3. The molecule has 0 aliphatic heterocycles. The lowest BCUT2D eigenvalue weighted by molar-refractivity contribution is 0.0590. The Morgan fingerprint density at radius 3 is 2.48 bits per heavy atom. The molecular weight excluding hydrogens is 468 g/mol. The predicted octanol–water partition coefficient (Wildman–Crippen LogP) is 6.82. The molecule has 1 heterocycles. The van der Waals surface area contributed by atoms with Gasteiger partial charge in [-0.15, -0.1) is 11.8 Å². The molecule has 0 fully saturated rings. The maximum absolute atomic E-state index is 13.4. The van der Waals surface area contributed by atoms with Crippen LogP contribution in [0.4, 0.5) is 8.78 Å². The molecule has 3 aromatic carbocycles. The van der Waals surface area contributed by atoms with Crippen LogP contribution in [0.15, 0.2) is 71.8 Å².